The van der Waals surface area contributed by atoms with Gasteiger partial charge in [0.1, 0.15) is 5.82 Å². The van der Waals surface area contributed by atoms with Crippen LogP contribution in [0.25, 0.3) is 10.9 Å². The van der Waals surface area contributed by atoms with E-state index in [0.717, 1.165) is 29.0 Å². The summed E-state index contributed by atoms with van der Waals surface area (Å²) in [5.74, 6) is 2.93. The molecule has 1 amide bonds. The molecule has 0 spiro atoms. The number of fused-ring (bicyclic) bond motifs is 2. The summed E-state index contributed by atoms with van der Waals surface area (Å²) >= 11 is 0. The van der Waals surface area contributed by atoms with Crippen LogP contribution in [-0.2, 0) is 6.54 Å². The number of carbonyl (C=O) groups excluding carboxylic acids is 1. The number of amides is 1. The Kier molecular flexibility index (Phi) is 4.14. The lowest BCUT2D eigenvalue weighted by molar-refractivity contribution is 0.0578. The Morgan fingerprint density at radius 1 is 1.21 bits per heavy atom. The van der Waals surface area contributed by atoms with Crippen molar-refractivity contribution in [2.24, 2.45) is 5.92 Å². The number of nitrogens with zero attached hydrogens (tertiary/aromatic N) is 5. The monoisotopic (exact) mass is 375 g/mol. The molecule has 0 N–H and O–H groups in total. The van der Waals surface area contributed by atoms with Crippen molar-refractivity contribution in [1.29, 1.82) is 0 Å². The van der Waals surface area contributed by atoms with E-state index in [0.29, 0.717) is 30.5 Å². The SMILES string of the molecule is CC(C)C[C@H]1c2nc(C3CC3)nn2CCN1C(=O)c1cnc2ccccc2c1. The van der Waals surface area contributed by atoms with E-state index in [4.69, 9.17) is 10.1 Å². The Morgan fingerprint density at radius 3 is 2.82 bits per heavy atom. The summed E-state index contributed by atoms with van der Waals surface area (Å²) in [7, 11) is 0. The summed E-state index contributed by atoms with van der Waals surface area (Å²) in [5.41, 5.74) is 1.55. The average molecular weight is 375 g/mol. The van der Waals surface area contributed by atoms with Crippen molar-refractivity contribution in [1.82, 2.24) is 24.6 Å². The Hall–Kier alpha value is -2.76. The van der Waals surface area contributed by atoms with Gasteiger partial charge in [-0.3, -0.25) is 9.78 Å². The van der Waals surface area contributed by atoms with Crippen molar-refractivity contribution < 1.29 is 4.79 Å². The van der Waals surface area contributed by atoms with Crippen LogP contribution in [-0.4, -0.2) is 37.1 Å². The zero-order chi connectivity index (χ0) is 19.3. The highest BCUT2D eigenvalue weighted by molar-refractivity contribution is 5.97. The minimum Gasteiger partial charge on any atom is -0.326 e. The predicted molar refractivity (Wildman–Crippen MR) is 107 cm³/mol. The van der Waals surface area contributed by atoms with E-state index in [1.165, 1.54) is 12.8 Å². The van der Waals surface area contributed by atoms with Crippen LogP contribution in [0.5, 0.6) is 0 Å². The molecule has 2 aliphatic rings. The quantitative estimate of drug-likeness (QED) is 0.693. The van der Waals surface area contributed by atoms with E-state index >= 15 is 0 Å². The minimum absolute atomic E-state index is 0.0334. The molecule has 1 fully saturated rings. The van der Waals surface area contributed by atoms with Gasteiger partial charge in [0.05, 0.1) is 23.7 Å². The maximum atomic E-state index is 13.4. The van der Waals surface area contributed by atoms with Gasteiger partial charge < -0.3 is 4.90 Å². The van der Waals surface area contributed by atoms with Gasteiger partial charge in [0.25, 0.3) is 5.91 Å². The second-order valence-electron chi connectivity index (χ2n) is 8.39. The molecule has 2 aromatic heterocycles. The summed E-state index contributed by atoms with van der Waals surface area (Å²) in [5, 5.41) is 5.72. The van der Waals surface area contributed by atoms with E-state index in [1.54, 1.807) is 6.20 Å². The number of rotatable bonds is 4. The molecule has 1 aromatic carbocycles. The van der Waals surface area contributed by atoms with Crippen LogP contribution >= 0.6 is 0 Å². The van der Waals surface area contributed by atoms with Gasteiger partial charge in [-0.1, -0.05) is 32.0 Å². The van der Waals surface area contributed by atoms with Crippen LogP contribution in [0.4, 0.5) is 0 Å². The van der Waals surface area contributed by atoms with Crippen LogP contribution in [0.15, 0.2) is 36.5 Å². The van der Waals surface area contributed by atoms with Gasteiger partial charge >= 0.3 is 0 Å². The first kappa shape index (κ1) is 17.3. The van der Waals surface area contributed by atoms with Crippen molar-refractivity contribution >= 4 is 16.8 Å². The summed E-state index contributed by atoms with van der Waals surface area (Å²) in [6, 6.07) is 9.82. The lowest BCUT2D eigenvalue weighted by atomic mass is 9.99. The largest absolute Gasteiger partial charge is 0.326 e. The Labute approximate surface area is 164 Å². The second-order valence-corrected chi connectivity index (χ2v) is 8.39. The Morgan fingerprint density at radius 2 is 2.04 bits per heavy atom. The van der Waals surface area contributed by atoms with Crippen LogP contribution in [0.3, 0.4) is 0 Å². The zero-order valence-electron chi connectivity index (χ0n) is 16.4. The molecule has 0 radical (unpaired) electrons. The molecule has 6 heteroatoms. The smallest absolute Gasteiger partial charge is 0.256 e. The fraction of sp³-hybridized carbons (Fsp3) is 0.455. The fourth-order valence-corrected chi connectivity index (χ4v) is 4.07. The Bertz CT molecular complexity index is 1040. The molecular formula is C22H25N5O. The third-order valence-electron chi connectivity index (χ3n) is 5.68. The van der Waals surface area contributed by atoms with Crippen molar-refractivity contribution in [3.63, 3.8) is 0 Å². The molecule has 1 aliphatic heterocycles. The van der Waals surface area contributed by atoms with E-state index < -0.39 is 0 Å². The third-order valence-corrected chi connectivity index (χ3v) is 5.68. The molecule has 6 nitrogen and oxygen atoms in total. The maximum Gasteiger partial charge on any atom is 0.256 e. The fourth-order valence-electron chi connectivity index (χ4n) is 4.07. The molecule has 1 atom stereocenters. The molecule has 144 valence electrons. The van der Waals surface area contributed by atoms with E-state index in [2.05, 4.69) is 18.8 Å². The molecule has 1 aliphatic carbocycles. The van der Waals surface area contributed by atoms with Gasteiger partial charge in [-0.05, 0) is 37.3 Å². The highest BCUT2D eigenvalue weighted by Crippen LogP contribution is 2.40. The topological polar surface area (TPSA) is 63.9 Å². The summed E-state index contributed by atoms with van der Waals surface area (Å²) < 4.78 is 2.03. The van der Waals surface area contributed by atoms with Crippen molar-refractivity contribution in [2.45, 2.75) is 51.6 Å². The van der Waals surface area contributed by atoms with Crippen LogP contribution < -0.4 is 0 Å². The number of aromatic nitrogens is 4. The highest BCUT2D eigenvalue weighted by atomic mass is 16.2. The first-order valence-corrected chi connectivity index (χ1v) is 10.2. The standard InChI is InChI=1S/C22H25N5O/c1-14(2)11-19-21-24-20(15-7-8-15)25-27(21)10-9-26(19)22(28)17-12-16-5-3-4-6-18(16)23-13-17/h3-6,12-15,19H,7-11H2,1-2H3/t19-/m0/s1. The zero-order valence-corrected chi connectivity index (χ0v) is 16.4. The molecule has 5 rings (SSSR count). The number of benzene rings is 1. The van der Waals surface area contributed by atoms with E-state index in [9.17, 15) is 4.79 Å². The van der Waals surface area contributed by atoms with Gasteiger partial charge in [-0.15, -0.1) is 0 Å². The number of pyridine rings is 1. The summed E-state index contributed by atoms with van der Waals surface area (Å²) in [6.45, 7) is 5.74. The molecule has 0 unspecified atom stereocenters. The molecule has 28 heavy (non-hydrogen) atoms. The lowest BCUT2D eigenvalue weighted by Gasteiger charge is -2.36. The average Bonchev–Trinajstić information content (AvgIpc) is 3.46. The number of hydrogen-bond donors (Lipinski definition) is 0. The summed E-state index contributed by atoms with van der Waals surface area (Å²) in [6.07, 6.45) is 4.95. The van der Waals surface area contributed by atoms with E-state index in [1.807, 2.05) is 39.9 Å². The molecule has 1 saturated carbocycles. The van der Waals surface area contributed by atoms with Gasteiger partial charge in [-0.2, -0.15) is 5.10 Å². The molecular weight excluding hydrogens is 350 g/mol. The van der Waals surface area contributed by atoms with Crippen molar-refractivity contribution in [3.8, 4) is 0 Å². The maximum absolute atomic E-state index is 13.4. The second kappa shape index (κ2) is 6.69. The van der Waals surface area contributed by atoms with Crippen molar-refractivity contribution in [3.05, 3.63) is 53.7 Å². The highest BCUT2D eigenvalue weighted by Gasteiger charge is 2.37. The van der Waals surface area contributed by atoms with Crippen molar-refractivity contribution in [2.75, 3.05) is 6.54 Å². The van der Waals surface area contributed by atoms with Crippen LogP contribution in [0, 0.1) is 5.92 Å². The predicted octanol–water partition coefficient (Wildman–Crippen LogP) is 3.95. The number of para-hydroxylation sites is 1. The number of carbonyl (C=O) groups is 1. The molecule has 0 saturated heterocycles. The molecule has 3 aromatic rings. The van der Waals surface area contributed by atoms with Gasteiger partial charge in [-0.25, -0.2) is 9.67 Å². The number of hydrogen-bond acceptors (Lipinski definition) is 4. The Balaban J connectivity index is 1.50. The summed E-state index contributed by atoms with van der Waals surface area (Å²) in [4.78, 5) is 24.8. The minimum atomic E-state index is -0.0345. The van der Waals surface area contributed by atoms with Gasteiger partial charge in [0, 0.05) is 24.0 Å². The first-order chi connectivity index (χ1) is 13.6. The molecule has 0 bridgehead atoms. The van der Waals surface area contributed by atoms with Crippen LogP contribution in [0.2, 0.25) is 0 Å². The van der Waals surface area contributed by atoms with Gasteiger partial charge in [0.2, 0.25) is 0 Å². The lowest BCUT2D eigenvalue weighted by Crippen LogP contribution is -2.43. The third kappa shape index (κ3) is 3.07. The van der Waals surface area contributed by atoms with E-state index in [-0.39, 0.29) is 11.9 Å². The molecule has 3 heterocycles. The normalized spacial score (nSPS) is 19.2. The first-order valence-electron chi connectivity index (χ1n) is 10.2. The van der Waals surface area contributed by atoms with Crippen LogP contribution in [0.1, 0.15) is 67.1 Å². The van der Waals surface area contributed by atoms with Gasteiger partial charge in [0.15, 0.2) is 5.82 Å².